The van der Waals surface area contributed by atoms with Gasteiger partial charge in [0, 0.05) is 5.69 Å². The number of anilines is 1. The SMILES string of the molecule is Cc1ccc(C(N)C(=O)Nc2ccc(OC(C)C)cc2)cc1. The minimum absolute atomic E-state index is 0.121. The summed E-state index contributed by atoms with van der Waals surface area (Å²) < 4.78 is 5.56. The van der Waals surface area contributed by atoms with E-state index in [1.54, 1.807) is 12.1 Å². The van der Waals surface area contributed by atoms with Crippen LogP contribution in [0.1, 0.15) is 31.0 Å². The maximum atomic E-state index is 12.2. The van der Waals surface area contributed by atoms with Crippen molar-refractivity contribution in [3.8, 4) is 5.75 Å². The molecule has 2 aromatic carbocycles. The van der Waals surface area contributed by atoms with Gasteiger partial charge in [-0.15, -0.1) is 0 Å². The molecule has 116 valence electrons. The summed E-state index contributed by atoms with van der Waals surface area (Å²) in [6.07, 6.45) is 0.121. The van der Waals surface area contributed by atoms with E-state index in [1.165, 1.54) is 0 Å². The van der Waals surface area contributed by atoms with Gasteiger partial charge >= 0.3 is 0 Å². The van der Waals surface area contributed by atoms with Crippen LogP contribution in [0, 0.1) is 6.92 Å². The molecule has 0 saturated heterocycles. The van der Waals surface area contributed by atoms with Gasteiger partial charge in [0.2, 0.25) is 5.91 Å². The summed E-state index contributed by atoms with van der Waals surface area (Å²) in [6, 6.07) is 14.2. The third kappa shape index (κ3) is 4.33. The van der Waals surface area contributed by atoms with Crippen LogP contribution in [0.3, 0.4) is 0 Å². The van der Waals surface area contributed by atoms with Crippen molar-refractivity contribution in [2.75, 3.05) is 5.32 Å². The summed E-state index contributed by atoms with van der Waals surface area (Å²) in [6.45, 7) is 5.93. The van der Waals surface area contributed by atoms with E-state index in [-0.39, 0.29) is 12.0 Å². The fourth-order valence-electron chi connectivity index (χ4n) is 2.03. The number of nitrogens with two attached hydrogens (primary N) is 1. The van der Waals surface area contributed by atoms with Gasteiger partial charge in [-0.1, -0.05) is 29.8 Å². The van der Waals surface area contributed by atoms with Gasteiger partial charge in [-0.3, -0.25) is 4.79 Å². The molecule has 0 aliphatic rings. The van der Waals surface area contributed by atoms with E-state index < -0.39 is 6.04 Å². The first-order valence-electron chi connectivity index (χ1n) is 7.35. The first-order chi connectivity index (χ1) is 10.5. The van der Waals surface area contributed by atoms with Crippen molar-refractivity contribution in [2.24, 2.45) is 5.73 Å². The molecule has 1 unspecified atom stereocenters. The van der Waals surface area contributed by atoms with Gasteiger partial charge in [0.25, 0.3) is 0 Å². The molecule has 0 saturated carbocycles. The molecule has 0 aliphatic carbocycles. The molecule has 2 aromatic rings. The molecule has 2 rings (SSSR count). The molecule has 0 aliphatic heterocycles. The van der Waals surface area contributed by atoms with Crippen LogP contribution in [-0.2, 0) is 4.79 Å². The fraction of sp³-hybridized carbons (Fsp3) is 0.278. The molecule has 0 spiro atoms. The molecule has 1 amide bonds. The van der Waals surface area contributed by atoms with Crippen molar-refractivity contribution in [1.82, 2.24) is 0 Å². The van der Waals surface area contributed by atoms with Crippen molar-refractivity contribution >= 4 is 11.6 Å². The van der Waals surface area contributed by atoms with Crippen LogP contribution in [0.25, 0.3) is 0 Å². The van der Waals surface area contributed by atoms with Crippen LogP contribution >= 0.6 is 0 Å². The lowest BCUT2D eigenvalue weighted by molar-refractivity contribution is -0.117. The third-order valence-electron chi connectivity index (χ3n) is 3.21. The van der Waals surface area contributed by atoms with Gasteiger partial charge in [-0.2, -0.15) is 0 Å². The zero-order valence-electron chi connectivity index (χ0n) is 13.2. The second-order valence-corrected chi connectivity index (χ2v) is 5.57. The Morgan fingerprint density at radius 2 is 1.64 bits per heavy atom. The Bertz CT molecular complexity index is 619. The molecule has 0 aromatic heterocycles. The second kappa shape index (κ2) is 7.09. The maximum absolute atomic E-state index is 12.2. The highest BCUT2D eigenvalue weighted by molar-refractivity contribution is 5.95. The molecular weight excluding hydrogens is 276 g/mol. The van der Waals surface area contributed by atoms with E-state index in [1.807, 2.05) is 57.2 Å². The molecule has 22 heavy (non-hydrogen) atoms. The number of carbonyl (C=O) groups excluding carboxylic acids is 1. The van der Waals surface area contributed by atoms with E-state index in [0.717, 1.165) is 16.9 Å². The predicted molar refractivity (Wildman–Crippen MR) is 88.9 cm³/mol. The van der Waals surface area contributed by atoms with Crippen molar-refractivity contribution in [1.29, 1.82) is 0 Å². The Morgan fingerprint density at radius 1 is 1.05 bits per heavy atom. The van der Waals surface area contributed by atoms with E-state index in [4.69, 9.17) is 10.5 Å². The lowest BCUT2D eigenvalue weighted by atomic mass is 10.1. The van der Waals surface area contributed by atoms with Crippen LogP contribution in [0.15, 0.2) is 48.5 Å². The molecule has 3 N–H and O–H groups in total. The Morgan fingerprint density at radius 3 is 2.18 bits per heavy atom. The summed E-state index contributed by atoms with van der Waals surface area (Å²) in [4.78, 5) is 12.2. The lowest BCUT2D eigenvalue weighted by Crippen LogP contribution is -2.27. The van der Waals surface area contributed by atoms with Gasteiger partial charge in [0.15, 0.2) is 0 Å². The Hall–Kier alpha value is -2.33. The van der Waals surface area contributed by atoms with Crippen LogP contribution in [0.2, 0.25) is 0 Å². The molecule has 4 heteroatoms. The van der Waals surface area contributed by atoms with E-state index in [9.17, 15) is 4.79 Å². The highest BCUT2D eigenvalue weighted by Gasteiger charge is 2.15. The summed E-state index contributed by atoms with van der Waals surface area (Å²) >= 11 is 0. The number of benzene rings is 2. The topological polar surface area (TPSA) is 64.4 Å². The Balaban J connectivity index is 2.00. The molecule has 0 radical (unpaired) electrons. The molecule has 0 bridgehead atoms. The predicted octanol–water partition coefficient (Wildman–Crippen LogP) is 3.42. The molecule has 1 atom stereocenters. The first kappa shape index (κ1) is 16.0. The number of rotatable bonds is 5. The zero-order chi connectivity index (χ0) is 16.1. The quantitative estimate of drug-likeness (QED) is 0.889. The normalized spacial score (nSPS) is 12.0. The van der Waals surface area contributed by atoms with E-state index >= 15 is 0 Å². The van der Waals surface area contributed by atoms with Gasteiger partial charge < -0.3 is 15.8 Å². The second-order valence-electron chi connectivity index (χ2n) is 5.57. The summed E-state index contributed by atoms with van der Waals surface area (Å²) in [5, 5.41) is 2.82. The standard InChI is InChI=1S/C18H22N2O2/c1-12(2)22-16-10-8-15(9-11-16)20-18(21)17(19)14-6-4-13(3)5-7-14/h4-12,17H,19H2,1-3H3,(H,20,21). The highest BCUT2D eigenvalue weighted by Crippen LogP contribution is 2.19. The minimum atomic E-state index is -0.688. The number of aryl methyl sites for hydroxylation is 1. The van der Waals surface area contributed by atoms with Gasteiger partial charge in [0.1, 0.15) is 11.8 Å². The smallest absolute Gasteiger partial charge is 0.245 e. The maximum Gasteiger partial charge on any atom is 0.245 e. The minimum Gasteiger partial charge on any atom is -0.491 e. The van der Waals surface area contributed by atoms with E-state index in [0.29, 0.717) is 5.69 Å². The van der Waals surface area contributed by atoms with Gasteiger partial charge in [-0.05, 0) is 50.6 Å². The average Bonchev–Trinajstić information content (AvgIpc) is 2.49. The van der Waals surface area contributed by atoms with Gasteiger partial charge in [-0.25, -0.2) is 0 Å². The number of carbonyl (C=O) groups is 1. The summed E-state index contributed by atoms with van der Waals surface area (Å²) in [5.41, 5.74) is 8.62. The average molecular weight is 298 g/mol. The third-order valence-corrected chi connectivity index (χ3v) is 3.21. The van der Waals surface area contributed by atoms with Crippen molar-refractivity contribution in [3.63, 3.8) is 0 Å². The number of amides is 1. The number of ether oxygens (including phenoxy) is 1. The zero-order valence-corrected chi connectivity index (χ0v) is 13.2. The summed E-state index contributed by atoms with van der Waals surface area (Å²) in [5.74, 6) is 0.539. The monoisotopic (exact) mass is 298 g/mol. The molecule has 0 heterocycles. The van der Waals surface area contributed by atoms with E-state index in [2.05, 4.69) is 5.32 Å². The highest BCUT2D eigenvalue weighted by atomic mass is 16.5. The molecule has 0 fully saturated rings. The van der Waals surface area contributed by atoms with Crippen LogP contribution in [0.4, 0.5) is 5.69 Å². The molecular formula is C18H22N2O2. The van der Waals surface area contributed by atoms with Crippen LogP contribution in [0.5, 0.6) is 5.75 Å². The Labute approximate surface area is 131 Å². The van der Waals surface area contributed by atoms with Crippen molar-refractivity contribution in [2.45, 2.75) is 32.9 Å². The van der Waals surface area contributed by atoms with Crippen molar-refractivity contribution in [3.05, 3.63) is 59.7 Å². The number of hydrogen-bond acceptors (Lipinski definition) is 3. The number of hydrogen-bond donors (Lipinski definition) is 2. The van der Waals surface area contributed by atoms with Crippen LogP contribution in [-0.4, -0.2) is 12.0 Å². The molecule has 4 nitrogen and oxygen atoms in total. The van der Waals surface area contributed by atoms with Crippen molar-refractivity contribution < 1.29 is 9.53 Å². The van der Waals surface area contributed by atoms with Gasteiger partial charge in [0.05, 0.1) is 6.10 Å². The first-order valence-corrected chi connectivity index (χ1v) is 7.35. The largest absolute Gasteiger partial charge is 0.491 e. The Kier molecular flexibility index (Phi) is 5.17. The number of nitrogens with one attached hydrogen (secondary N) is 1. The fourth-order valence-corrected chi connectivity index (χ4v) is 2.03. The lowest BCUT2D eigenvalue weighted by Gasteiger charge is -2.14. The summed E-state index contributed by atoms with van der Waals surface area (Å²) in [7, 11) is 0. The van der Waals surface area contributed by atoms with Crippen LogP contribution < -0.4 is 15.8 Å².